The molecule has 2 rings (SSSR count). The van der Waals surface area contributed by atoms with Crippen molar-refractivity contribution in [2.45, 2.75) is 24.3 Å². The molecule has 0 saturated carbocycles. The van der Waals surface area contributed by atoms with Gasteiger partial charge in [-0.05, 0) is 41.1 Å². The third kappa shape index (κ3) is 4.09. The number of halogens is 1. The van der Waals surface area contributed by atoms with E-state index in [9.17, 15) is 5.11 Å². The Morgan fingerprint density at radius 2 is 2.16 bits per heavy atom. The number of thioether (sulfide) groups is 1. The lowest BCUT2D eigenvalue weighted by molar-refractivity contribution is 0.197. The summed E-state index contributed by atoms with van der Waals surface area (Å²) in [5.74, 6) is 0.673. The zero-order valence-corrected chi connectivity index (χ0v) is 13.4. The highest BCUT2D eigenvalue weighted by Gasteiger charge is 2.11. The van der Waals surface area contributed by atoms with E-state index in [2.05, 4.69) is 27.1 Å². The highest BCUT2D eigenvalue weighted by Crippen LogP contribution is 2.27. The smallest absolute Gasteiger partial charge is 0.0689 e. The lowest BCUT2D eigenvalue weighted by atomic mass is 10.2. The van der Waals surface area contributed by atoms with Gasteiger partial charge in [0.25, 0.3) is 0 Å². The molecule has 0 aliphatic heterocycles. The monoisotopic (exact) mass is 340 g/mol. The van der Waals surface area contributed by atoms with Crippen LogP contribution < -0.4 is 0 Å². The first kappa shape index (κ1) is 14.6. The van der Waals surface area contributed by atoms with Crippen LogP contribution in [0.15, 0.2) is 39.7 Å². The SMILES string of the molecule is Cc1cc(CC(O)CSc2ccccc2Br)n(C)n1. The van der Waals surface area contributed by atoms with Crippen LogP contribution in [0.25, 0.3) is 0 Å². The minimum atomic E-state index is -0.369. The topological polar surface area (TPSA) is 38.0 Å². The molecule has 0 amide bonds. The fourth-order valence-corrected chi connectivity index (χ4v) is 3.40. The maximum absolute atomic E-state index is 10.1. The molecule has 1 unspecified atom stereocenters. The first-order valence-corrected chi connectivity index (χ1v) is 7.89. The molecule has 0 saturated heterocycles. The summed E-state index contributed by atoms with van der Waals surface area (Å²) in [5.41, 5.74) is 2.06. The number of aromatic nitrogens is 2. The summed E-state index contributed by atoms with van der Waals surface area (Å²) in [6.07, 6.45) is 0.265. The Kier molecular flexibility index (Phi) is 5.07. The van der Waals surface area contributed by atoms with Gasteiger partial charge in [0.1, 0.15) is 0 Å². The van der Waals surface area contributed by atoms with E-state index in [-0.39, 0.29) is 6.10 Å². The number of aliphatic hydroxyl groups excluding tert-OH is 1. The Labute approximate surface area is 126 Å². The molecular weight excluding hydrogens is 324 g/mol. The first-order valence-electron chi connectivity index (χ1n) is 6.11. The predicted octanol–water partition coefficient (Wildman–Crippen LogP) is 3.19. The van der Waals surface area contributed by atoms with Crippen molar-refractivity contribution in [1.82, 2.24) is 9.78 Å². The van der Waals surface area contributed by atoms with Gasteiger partial charge in [-0.1, -0.05) is 12.1 Å². The second-order valence-corrected chi connectivity index (χ2v) is 6.42. The van der Waals surface area contributed by atoms with Crippen molar-refractivity contribution in [2.75, 3.05) is 5.75 Å². The molecule has 19 heavy (non-hydrogen) atoms. The normalized spacial score (nSPS) is 12.6. The van der Waals surface area contributed by atoms with Crippen molar-refractivity contribution in [2.24, 2.45) is 7.05 Å². The predicted molar refractivity (Wildman–Crippen MR) is 82.5 cm³/mol. The number of hydrogen-bond acceptors (Lipinski definition) is 3. The van der Waals surface area contributed by atoms with Crippen LogP contribution in [0.2, 0.25) is 0 Å². The van der Waals surface area contributed by atoms with Crippen LogP contribution in [0.3, 0.4) is 0 Å². The number of aliphatic hydroxyl groups is 1. The maximum Gasteiger partial charge on any atom is 0.0689 e. The Hall–Kier alpha value is -0.780. The van der Waals surface area contributed by atoms with Crippen LogP contribution in [0.4, 0.5) is 0 Å². The quantitative estimate of drug-likeness (QED) is 0.849. The van der Waals surface area contributed by atoms with E-state index < -0.39 is 0 Å². The summed E-state index contributed by atoms with van der Waals surface area (Å²) in [6.45, 7) is 1.96. The van der Waals surface area contributed by atoms with E-state index in [1.165, 1.54) is 0 Å². The molecule has 0 aliphatic rings. The first-order chi connectivity index (χ1) is 9.06. The van der Waals surface area contributed by atoms with Gasteiger partial charge in [-0.25, -0.2) is 0 Å². The lowest BCUT2D eigenvalue weighted by Gasteiger charge is -2.11. The summed E-state index contributed by atoms with van der Waals surface area (Å²) in [7, 11) is 1.91. The van der Waals surface area contributed by atoms with Gasteiger partial charge in [-0.3, -0.25) is 4.68 Å². The third-order valence-electron chi connectivity index (χ3n) is 2.81. The van der Waals surface area contributed by atoms with Crippen molar-refractivity contribution in [3.63, 3.8) is 0 Å². The van der Waals surface area contributed by atoms with E-state index in [0.29, 0.717) is 12.2 Å². The van der Waals surface area contributed by atoms with Crippen LogP contribution in [-0.4, -0.2) is 26.7 Å². The van der Waals surface area contributed by atoms with Gasteiger partial charge in [0, 0.05) is 34.3 Å². The van der Waals surface area contributed by atoms with Crippen LogP contribution in [0.5, 0.6) is 0 Å². The van der Waals surface area contributed by atoms with E-state index in [1.807, 2.05) is 42.9 Å². The summed E-state index contributed by atoms with van der Waals surface area (Å²) in [4.78, 5) is 1.16. The molecule has 2 aromatic rings. The molecule has 0 radical (unpaired) electrons. The van der Waals surface area contributed by atoms with E-state index in [0.717, 1.165) is 20.8 Å². The van der Waals surface area contributed by atoms with Crippen molar-refractivity contribution < 1.29 is 5.11 Å². The molecule has 0 bridgehead atoms. The Morgan fingerprint density at radius 3 is 2.79 bits per heavy atom. The largest absolute Gasteiger partial charge is 0.392 e. The molecule has 0 fully saturated rings. The van der Waals surface area contributed by atoms with Gasteiger partial charge >= 0.3 is 0 Å². The Bertz CT molecular complexity index is 556. The minimum absolute atomic E-state index is 0.369. The fourth-order valence-electron chi connectivity index (χ4n) is 1.90. The van der Waals surface area contributed by atoms with Crippen molar-refractivity contribution in [1.29, 1.82) is 0 Å². The standard InChI is InChI=1S/C14H17BrN2OS/c1-10-7-11(17(2)16-10)8-12(18)9-19-14-6-4-3-5-13(14)15/h3-7,12,18H,8-9H2,1-2H3. The number of rotatable bonds is 5. The molecule has 0 spiro atoms. The summed E-state index contributed by atoms with van der Waals surface area (Å²) >= 11 is 5.17. The van der Waals surface area contributed by atoms with Gasteiger partial charge in [0.15, 0.2) is 0 Å². The molecule has 5 heteroatoms. The number of nitrogens with zero attached hydrogens (tertiary/aromatic N) is 2. The van der Waals surface area contributed by atoms with Crippen LogP contribution >= 0.6 is 27.7 Å². The number of aryl methyl sites for hydroxylation is 2. The van der Waals surface area contributed by atoms with Crippen LogP contribution in [0, 0.1) is 6.92 Å². The van der Waals surface area contributed by atoms with E-state index in [4.69, 9.17) is 0 Å². The Morgan fingerprint density at radius 1 is 1.42 bits per heavy atom. The van der Waals surface area contributed by atoms with Gasteiger partial charge in [-0.15, -0.1) is 11.8 Å². The molecule has 3 nitrogen and oxygen atoms in total. The lowest BCUT2D eigenvalue weighted by Crippen LogP contribution is -2.15. The molecule has 1 heterocycles. The number of benzene rings is 1. The van der Waals surface area contributed by atoms with Crippen molar-refractivity contribution in [3.8, 4) is 0 Å². The second-order valence-electron chi connectivity index (χ2n) is 4.50. The zero-order chi connectivity index (χ0) is 13.8. The van der Waals surface area contributed by atoms with Crippen molar-refractivity contribution >= 4 is 27.7 Å². The average Bonchev–Trinajstić information content (AvgIpc) is 2.67. The molecule has 102 valence electrons. The molecule has 1 aromatic heterocycles. The van der Waals surface area contributed by atoms with Gasteiger partial charge < -0.3 is 5.11 Å². The maximum atomic E-state index is 10.1. The van der Waals surface area contributed by atoms with E-state index >= 15 is 0 Å². The molecule has 0 aliphatic carbocycles. The van der Waals surface area contributed by atoms with Crippen molar-refractivity contribution in [3.05, 3.63) is 46.2 Å². The second kappa shape index (κ2) is 6.59. The average molecular weight is 341 g/mol. The van der Waals surface area contributed by atoms with Gasteiger partial charge in [-0.2, -0.15) is 5.10 Å². The Balaban J connectivity index is 1.90. The van der Waals surface area contributed by atoms with Crippen LogP contribution in [0.1, 0.15) is 11.4 Å². The molecule has 1 atom stereocenters. The zero-order valence-electron chi connectivity index (χ0n) is 11.0. The molecule has 1 aromatic carbocycles. The van der Waals surface area contributed by atoms with Gasteiger partial charge in [0.05, 0.1) is 11.8 Å². The van der Waals surface area contributed by atoms with Crippen LogP contribution in [-0.2, 0) is 13.5 Å². The fraction of sp³-hybridized carbons (Fsp3) is 0.357. The highest BCUT2D eigenvalue weighted by atomic mass is 79.9. The van der Waals surface area contributed by atoms with E-state index in [1.54, 1.807) is 11.8 Å². The van der Waals surface area contributed by atoms with Gasteiger partial charge in [0.2, 0.25) is 0 Å². The summed E-state index contributed by atoms with van der Waals surface area (Å²) in [6, 6.07) is 10.1. The molecular formula is C14H17BrN2OS. The summed E-state index contributed by atoms with van der Waals surface area (Å²) < 4.78 is 2.91. The number of hydrogen-bond donors (Lipinski definition) is 1. The molecule has 1 N–H and O–H groups in total. The third-order valence-corrected chi connectivity index (χ3v) is 4.98. The highest BCUT2D eigenvalue weighted by molar-refractivity contribution is 9.10. The minimum Gasteiger partial charge on any atom is -0.392 e. The summed E-state index contributed by atoms with van der Waals surface area (Å²) in [5, 5.41) is 14.4.